The van der Waals surface area contributed by atoms with Crippen molar-refractivity contribution in [1.29, 1.82) is 0 Å². The molecule has 12 heavy (non-hydrogen) atoms. The molecule has 0 aliphatic rings. The van der Waals surface area contributed by atoms with Crippen LogP contribution < -0.4 is 0 Å². The van der Waals surface area contributed by atoms with E-state index in [1.54, 1.807) is 13.0 Å². The number of allylic oxidation sites excluding steroid dienone is 1. The first kappa shape index (κ1) is 11.6. The van der Waals surface area contributed by atoms with Crippen molar-refractivity contribution in [3.05, 3.63) is 12.3 Å². The minimum atomic E-state index is -3.48. The summed E-state index contributed by atoms with van der Waals surface area (Å²) in [4.78, 5) is 0. The minimum Gasteiger partial charge on any atom is -0.412 e. The van der Waals surface area contributed by atoms with Gasteiger partial charge in [0.05, 0.1) is 19.5 Å². The molecular formula is C6H13O5P. The van der Waals surface area contributed by atoms with Crippen molar-refractivity contribution in [2.75, 3.05) is 20.3 Å². The monoisotopic (exact) mass is 196 g/mol. The van der Waals surface area contributed by atoms with Crippen LogP contribution in [0.2, 0.25) is 0 Å². The summed E-state index contributed by atoms with van der Waals surface area (Å²) in [5.41, 5.74) is 0. The molecule has 0 saturated carbocycles. The van der Waals surface area contributed by atoms with Crippen molar-refractivity contribution in [3.63, 3.8) is 0 Å². The molecule has 0 aromatic carbocycles. The van der Waals surface area contributed by atoms with Gasteiger partial charge >= 0.3 is 7.82 Å². The third kappa shape index (κ3) is 4.51. The van der Waals surface area contributed by atoms with E-state index in [2.05, 4.69) is 13.6 Å². The molecule has 0 fully saturated rings. The van der Waals surface area contributed by atoms with Crippen molar-refractivity contribution < 1.29 is 23.2 Å². The summed E-state index contributed by atoms with van der Waals surface area (Å²) < 4.78 is 25.1. The Balaban J connectivity index is 3.96. The Morgan fingerprint density at radius 2 is 2.25 bits per heavy atom. The van der Waals surface area contributed by atoms with E-state index in [-0.39, 0.29) is 13.2 Å². The SMILES string of the molecule is CC=COP(=O)(OC)OCCO. The fourth-order valence-electron chi connectivity index (χ4n) is 0.414. The van der Waals surface area contributed by atoms with Gasteiger partial charge in [-0.1, -0.05) is 6.08 Å². The summed E-state index contributed by atoms with van der Waals surface area (Å²) in [5.74, 6) is 0. The molecule has 1 atom stereocenters. The average Bonchev–Trinajstić information content (AvgIpc) is 2.11. The molecule has 0 rings (SSSR count). The third-order valence-corrected chi connectivity index (χ3v) is 2.22. The standard InChI is InChI=1S/C6H13O5P/c1-3-5-10-12(8,9-2)11-6-4-7/h3,5,7H,4,6H2,1-2H3. The first-order valence-corrected chi connectivity index (χ1v) is 4.85. The van der Waals surface area contributed by atoms with Crippen molar-refractivity contribution in [1.82, 2.24) is 0 Å². The molecule has 0 radical (unpaired) electrons. The predicted octanol–water partition coefficient (Wildman–Crippen LogP) is 1.30. The molecule has 0 aliphatic heterocycles. The molecule has 0 saturated heterocycles. The number of aliphatic hydroxyl groups is 1. The van der Waals surface area contributed by atoms with Crippen LogP contribution in [-0.2, 0) is 18.1 Å². The number of hydrogen-bond donors (Lipinski definition) is 1. The Kier molecular flexibility index (Phi) is 6.02. The van der Waals surface area contributed by atoms with Crippen LogP contribution in [0.1, 0.15) is 6.92 Å². The summed E-state index contributed by atoms with van der Waals surface area (Å²) in [5, 5.41) is 8.38. The van der Waals surface area contributed by atoms with Gasteiger partial charge in [-0.3, -0.25) is 9.05 Å². The van der Waals surface area contributed by atoms with Crippen molar-refractivity contribution in [2.45, 2.75) is 6.92 Å². The smallest absolute Gasteiger partial charge is 0.412 e. The molecule has 0 amide bonds. The molecule has 0 heterocycles. The number of hydrogen-bond acceptors (Lipinski definition) is 5. The first-order chi connectivity index (χ1) is 5.68. The highest BCUT2D eigenvalue weighted by Gasteiger charge is 2.23. The zero-order valence-electron chi connectivity index (χ0n) is 7.10. The lowest BCUT2D eigenvalue weighted by atomic mass is 10.8. The van der Waals surface area contributed by atoms with Crippen LogP contribution in [0, 0.1) is 0 Å². The van der Waals surface area contributed by atoms with E-state index in [4.69, 9.17) is 5.11 Å². The van der Waals surface area contributed by atoms with E-state index in [1.165, 1.54) is 13.4 Å². The molecule has 1 unspecified atom stereocenters. The zero-order valence-corrected chi connectivity index (χ0v) is 7.99. The number of phosphoric acid groups is 1. The van der Waals surface area contributed by atoms with Gasteiger partial charge in [-0.2, -0.15) is 0 Å². The predicted molar refractivity (Wildman–Crippen MR) is 43.6 cm³/mol. The van der Waals surface area contributed by atoms with Gasteiger partial charge in [0.1, 0.15) is 0 Å². The number of aliphatic hydroxyl groups excluding tert-OH is 1. The Bertz CT molecular complexity index is 179. The van der Waals surface area contributed by atoms with E-state index in [9.17, 15) is 4.57 Å². The quantitative estimate of drug-likeness (QED) is 0.512. The van der Waals surface area contributed by atoms with Gasteiger partial charge < -0.3 is 9.63 Å². The van der Waals surface area contributed by atoms with Crippen LogP contribution in [0.15, 0.2) is 12.3 Å². The second-order valence-corrected chi connectivity index (χ2v) is 3.49. The van der Waals surface area contributed by atoms with Crippen LogP contribution in [0.25, 0.3) is 0 Å². The molecule has 0 aromatic heterocycles. The van der Waals surface area contributed by atoms with E-state index < -0.39 is 7.82 Å². The molecule has 5 nitrogen and oxygen atoms in total. The minimum absolute atomic E-state index is 0.0807. The highest BCUT2D eigenvalue weighted by atomic mass is 31.2. The Morgan fingerprint density at radius 3 is 2.67 bits per heavy atom. The van der Waals surface area contributed by atoms with Crippen LogP contribution in [0.3, 0.4) is 0 Å². The van der Waals surface area contributed by atoms with Gasteiger partial charge in [0.25, 0.3) is 0 Å². The second kappa shape index (κ2) is 6.20. The van der Waals surface area contributed by atoms with E-state index in [1.807, 2.05) is 0 Å². The number of rotatable bonds is 6. The molecule has 0 aromatic rings. The number of phosphoric ester groups is 1. The van der Waals surface area contributed by atoms with E-state index >= 15 is 0 Å². The summed E-state index contributed by atoms with van der Waals surface area (Å²) in [6.45, 7) is 1.39. The van der Waals surface area contributed by atoms with E-state index in [0.29, 0.717) is 0 Å². The van der Waals surface area contributed by atoms with E-state index in [0.717, 1.165) is 0 Å². The second-order valence-electron chi connectivity index (χ2n) is 1.76. The fourth-order valence-corrected chi connectivity index (χ4v) is 1.24. The summed E-state index contributed by atoms with van der Waals surface area (Å²) in [7, 11) is -2.27. The third-order valence-electron chi connectivity index (χ3n) is 0.890. The summed E-state index contributed by atoms with van der Waals surface area (Å²) in [6.07, 6.45) is 2.76. The van der Waals surface area contributed by atoms with Crippen LogP contribution in [0.5, 0.6) is 0 Å². The molecule has 1 N–H and O–H groups in total. The first-order valence-electron chi connectivity index (χ1n) is 3.39. The van der Waals surface area contributed by atoms with Crippen molar-refractivity contribution in [3.8, 4) is 0 Å². The Hall–Kier alpha value is -0.350. The highest BCUT2D eigenvalue weighted by Crippen LogP contribution is 2.48. The maximum atomic E-state index is 11.3. The van der Waals surface area contributed by atoms with Gasteiger partial charge in [0.15, 0.2) is 0 Å². The summed E-state index contributed by atoms with van der Waals surface area (Å²) >= 11 is 0. The normalized spacial score (nSPS) is 16.2. The van der Waals surface area contributed by atoms with Gasteiger partial charge in [-0.05, 0) is 6.92 Å². The average molecular weight is 196 g/mol. The van der Waals surface area contributed by atoms with Crippen LogP contribution in [0.4, 0.5) is 0 Å². The lowest BCUT2D eigenvalue weighted by Gasteiger charge is -2.12. The lowest BCUT2D eigenvalue weighted by Crippen LogP contribution is -1.99. The van der Waals surface area contributed by atoms with Gasteiger partial charge in [-0.15, -0.1) is 0 Å². The molecule has 0 spiro atoms. The topological polar surface area (TPSA) is 65.0 Å². The zero-order chi connectivity index (χ0) is 9.45. The molecular weight excluding hydrogens is 183 g/mol. The van der Waals surface area contributed by atoms with Gasteiger partial charge in [-0.25, -0.2) is 4.57 Å². The summed E-state index contributed by atoms with van der Waals surface area (Å²) in [6, 6.07) is 0. The van der Waals surface area contributed by atoms with Crippen LogP contribution in [-0.4, -0.2) is 25.4 Å². The molecule has 0 aliphatic carbocycles. The van der Waals surface area contributed by atoms with Crippen molar-refractivity contribution in [2.24, 2.45) is 0 Å². The van der Waals surface area contributed by atoms with Crippen molar-refractivity contribution >= 4 is 7.82 Å². The largest absolute Gasteiger partial charge is 0.529 e. The van der Waals surface area contributed by atoms with Gasteiger partial charge in [0.2, 0.25) is 0 Å². The van der Waals surface area contributed by atoms with Crippen LogP contribution >= 0.6 is 7.82 Å². The maximum absolute atomic E-state index is 11.3. The highest BCUT2D eigenvalue weighted by molar-refractivity contribution is 7.48. The van der Waals surface area contributed by atoms with Gasteiger partial charge in [0, 0.05) is 7.11 Å². The fraction of sp³-hybridized carbons (Fsp3) is 0.667. The molecule has 72 valence electrons. The lowest BCUT2D eigenvalue weighted by molar-refractivity contribution is 0.133. The Labute approximate surface area is 71.6 Å². The Morgan fingerprint density at radius 1 is 1.58 bits per heavy atom. The molecule has 0 bridgehead atoms. The molecule has 6 heteroatoms. The maximum Gasteiger partial charge on any atom is 0.529 e.